The van der Waals surface area contributed by atoms with Crippen LogP contribution in [0.25, 0.3) is 0 Å². The van der Waals surface area contributed by atoms with Gasteiger partial charge in [-0.05, 0) is 6.92 Å². The van der Waals surface area contributed by atoms with Gasteiger partial charge in [-0.1, -0.05) is 34.6 Å². The number of nitrogens with zero attached hydrogens (tertiary/aromatic N) is 2. The van der Waals surface area contributed by atoms with Crippen molar-refractivity contribution in [3.05, 3.63) is 26.7 Å². The van der Waals surface area contributed by atoms with E-state index in [0.29, 0.717) is 15.9 Å². The predicted octanol–water partition coefficient (Wildman–Crippen LogP) is 4.58. The minimum Gasteiger partial charge on any atom is -0.297 e. The summed E-state index contributed by atoms with van der Waals surface area (Å²) in [6.45, 7) is 12.4. The molecule has 0 fully saturated rings. The van der Waals surface area contributed by atoms with Crippen molar-refractivity contribution >= 4 is 33.7 Å². The van der Waals surface area contributed by atoms with Gasteiger partial charge in [0, 0.05) is 16.7 Å². The number of carbonyl (C=O) groups is 1. The fraction of sp³-hybridized carbons (Fsp3) is 0.533. The van der Waals surface area contributed by atoms with Gasteiger partial charge in [-0.2, -0.15) is 0 Å². The maximum Gasteiger partial charge on any atom is 0.269 e. The van der Waals surface area contributed by atoms with E-state index in [0.717, 1.165) is 16.4 Å². The number of aromatic nitrogens is 2. The van der Waals surface area contributed by atoms with Crippen LogP contribution in [0.3, 0.4) is 0 Å². The Morgan fingerprint density at radius 1 is 1.29 bits per heavy atom. The molecule has 0 unspecified atom stereocenters. The zero-order chi connectivity index (χ0) is 15.8. The number of anilines is 1. The Hall–Kier alpha value is -1.27. The second kappa shape index (κ2) is 5.85. The van der Waals surface area contributed by atoms with Crippen LogP contribution in [0.1, 0.15) is 66.6 Å². The lowest BCUT2D eigenvalue weighted by Gasteiger charge is -2.14. The van der Waals surface area contributed by atoms with E-state index in [4.69, 9.17) is 0 Å². The number of amides is 1. The lowest BCUT2D eigenvalue weighted by Crippen LogP contribution is -2.14. The van der Waals surface area contributed by atoms with E-state index in [2.05, 4.69) is 49.9 Å². The lowest BCUT2D eigenvalue weighted by atomic mass is 9.93. The third-order valence-electron chi connectivity index (χ3n) is 3.01. The molecule has 0 radical (unpaired) electrons. The van der Waals surface area contributed by atoms with Gasteiger partial charge in [-0.15, -0.1) is 22.7 Å². The van der Waals surface area contributed by atoms with Gasteiger partial charge in [-0.25, -0.2) is 9.97 Å². The summed E-state index contributed by atoms with van der Waals surface area (Å²) in [4.78, 5) is 22.0. The Balaban J connectivity index is 2.16. The van der Waals surface area contributed by atoms with Crippen LogP contribution in [0.4, 0.5) is 5.13 Å². The summed E-state index contributed by atoms with van der Waals surface area (Å²) < 4.78 is 0. The Morgan fingerprint density at radius 2 is 1.95 bits per heavy atom. The van der Waals surface area contributed by atoms with Crippen LogP contribution in [-0.4, -0.2) is 15.9 Å². The highest BCUT2D eigenvalue weighted by molar-refractivity contribution is 7.15. The molecule has 0 spiro atoms. The zero-order valence-electron chi connectivity index (χ0n) is 13.3. The summed E-state index contributed by atoms with van der Waals surface area (Å²) in [6.07, 6.45) is 0. The van der Waals surface area contributed by atoms with Crippen LogP contribution in [0.5, 0.6) is 0 Å². The van der Waals surface area contributed by atoms with Crippen LogP contribution in [0.2, 0.25) is 0 Å². The van der Waals surface area contributed by atoms with Gasteiger partial charge in [0.2, 0.25) is 0 Å². The molecule has 114 valence electrons. The first-order valence-electron chi connectivity index (χ1n) is 6.93. The van der Waals surface area contributed by atoms with Crippen LogP contribution >= 0.6 is 22.7 Å². The standard InChI is InChI=1S/C15H21N3OS2/c1-8(2)13-16-9(3)11(21-13)12(19)18-14-17-10(7-20-14)15(4,5)6/h7-8H,1-6H3,(H,17,18,19). The maximum absolute atomic E-state index is 12.4. The molecule has 0 atom stereocenters. The summed E-state index contributed by atoms with van der Waals surface area (Å²) in [6, 6.07) is 0. The molecule has 21 heavy (non-hydrogen) atoms. The van der Waals surface area contributed by atoms with Crippen molar-refractivity contribution in [2.24, 2.45) is 0 Å². The number of rotatable bonds is 3. The molecule has 0 saturated carbocycles. The van der Waals surface area contributed by atoms with Gasteiger partial charge in [0.15, 0.2) is 5.13 Å². The van der Waals surface area contributed by atoms with Gasteiger partial charge in [0.05, 0.1) is 16.4 Å². The highest BCUT2D eigenvalue weighted by atomic mass is 32.1. The number of carbonyl (C=O) groups excluding carboxylic acids is 1. The maximum atomic E-state index is 12.4. The molecule has 2 aromatic rings. The minimum absolute atomic E-state index is 0.00923. The highest BCUT2D eigenvalue weighted by Gasteiger charge is 2.20. The monoisotopic (exact) mass is 323 g/mol. The fourth-order valence-electron chi connectivity index (χ4n) is 1.70. The van der Waals surface area contributed by atoms with E-state index in [-0.39, 0.29) is 11.3 Å². The average molecular weight is 323 g/mol. The molecule has 0 aliphatic carbocycles. The minimum atomic E-state index is -0.119. The van der Waals surface area contributed by atoms with Gasteiger partial charge in [0.1, 0.15) is 4.88 Å². The van der Waals surface area contributed by atoms with Crippen molar-refractivity contribution in [3.8, 4) is 0 Å². The van der Waals surface area contributed by atoms with Crippen molar-refractivity contribution < 1.29 is 4.79 Å². The third kappa shape index (κ3) is 3.68. The van der Waals surface area contributed by atoms with E-state index in [1.807, 2.05) is 12.3 Å². The smallest absolute Gasteiger partial charge is 0.269 e. The second-order valence-electron chi connectivity index (χ2n) is 6.36. The highest BCUT2D eigenvalue weighted by Crippen LogP contribution is 2.28. The quantitative estimate of drug-likeness (QED) is 0.899. The van der Waals surface area contributed by atoms with Gasteiger partial charge in [0.25, 0.3) is 5.91 Å². The molecular formula is C15H21N3OS2. The number of aryl methyl sites for hydroxylation is 1. The summed E-state index contributed by atoms with van der Waals surface area (Å²) >= 11 is 2.92. The van der Waals surface area contributed by atoms with Crippen LogP contribution in [0.15, 0.2) is 5.38 Å². The Bertz CT molecular complexity index is 650. The molecule has 0 aliphatic heterocycles. The van der Waals surface area contributed by atoms with E-state index in [9.17, 15) is 4.79 Å². The Labute approximate surface area is 133 Å². The fourth-order valence-corrected chi connectivity index (χ4v) is 3.60. The van der Waals surface area contributed by atoms with Crippen molar-refractivity contribution in [1.82, 2.24) is 9.97 Å². The molecule has 2 aromatic heterocycles. The topological polar surface area (TPSA) is 54.9 Å². The molecule has 2 rings (SSSR count). The first-order valence-corrected chi connectivity index (χ1v) is 8.62. The van der Waals surface area contributed by atoms with Crippen LogP contribution in [0, 0.1) is 6.92 Å². The Morgan fingerprint density at radius 3 is 2.43 bits per heavy atom. The van der Waals surface area contributed by atoms with Gasteiger partial charge in [-0.3, -0.25) is 10.1 Å². The molecule has 1 N–H and O–H groups in total. The largest absolute Gasteiger partial charge is 0.297 e. The number of hydrogen-bond acceptors (Lipinski definition) is 5. The third-order valence-corrected chi connectivity index (χ3v) is 5.22. The summed E-state index contributed by atoms with van der Waals surface area (Å²) in [7, 11) is 0. The van der Waals surface area contributed by atoms with Crippen molar-refractivity contribution in [3.63, 3.8) is 0 Å². The molecule has 4 nitrogen and oxygen atoms in total. The molecule has 0 bridgehead atoms. The van der Waals surface area contributed by atoms with Crippen molar-refractivity contribution in [2.45, 2.75) is 52.9 Å². The molecule has 0 saturated heterocycles. The van der Waals surface area contributed by atoms with E-state index in [1.54, 1.807) is 0 Å². The lowest BCUT2D eigenvalue weighted by molar-refractivity contribution is 0.102. The number of thiazole rings is 2. The van der Waals surface area contributed by atoms with Gasteiger partial charge >= 0.3 is 0 Å². The molecule has 2 heterocycles. The Kier molecular flexibility index (Phi) is 4.49. The van der Waals surface area contributed by atoms with E-state index in [1.165, 1.54) is 22.7 Å². The first-order chi connectivity index (χ1) is 9.68. The average Bonchev–Trinajstić information content (AvgIpc) is 2.94. The molecule has 1 amide bonds. The molecule has 0 aliphatic rings. The molecule has 6 heteroatoms. The number of hydrogen-bond donors (Lipinski definition) is 1. The zero-order valence-corrected chi connectivity index (χ0v) is 14.9. The van der Waals surface area contributed by atoms with Crippen LogP contribution in [-0.2, 0) is 5.41 Å². The van der Waals surface area contributed by atoms with E-state index >= 15 is 0 Å². The molecule has 0 aromatic carbocycles. The molecular weight excluding hydrogens is 302 g/mol. The number of nitrogens with one attached hydrogen (secondary N) is 1. The predicted molar refractivity (Wildman–Crippen MR) is 89.7 cm³/mol. The van der Waals surface area contributed by atoms with Crippen LogP contribution < -0.4 is 5.32 Å². The summed E-state index contributed by atoms with van der Waals surface area (Å²) in [5, 5.41) is 6.51. The van der Waals surface area contributed by atoms with E-state index < -0.39 is 0 Å². The summed E-state index contributed by atoms with van der Waals surface area (Å²) in [5.41, 5.74) is 1.77. The second-order valence-corrected chi connectivity index (χ2v) is 8.25. The van der Waals surface area contributed by atoms with Crippen molar-refractivity contribution in [1.29, 1.82) is 0 Å². The first kappa shape index (κ1) is 16.1. The van der Waals surface area contributed by atoms with Gasteiger partial charge < -0.3 is 0 Å². The summed E-state index contributed by atoms with van der Waals surface area (Å²) in [5.74, 6) is 0.217. The van der Waals surface area contributed by atoms with Crippen molar-refractivity contribution in [2.75, 3.05) is 5.32 Å². The SMILES string of the molecule is Cc1nc(C(C)C)sc1C(=O)Nc1nc(C(C)(C)C)cs1. The normalized spacial score (nSPS) is 12.0.